The molecule has 0 saturated heterocycles. The fraction of sp³-hybridized carbons (Fsp3) is 0.148. The van der Waals surface area contributed by atoms with Crippen molar-refractivity contribution in [1.29, 1.82) is 0 Å². The minimum Gasteiger partial charge on any atom is -0.462 e. The summed E-state index contributed by atoms with van der Waals surface area (Å²) in [5.41, 5.74) is 5.41. The Morgan fingerprint density at radius 2 is 1.53 bits per heavy atom. The van der Waals surface area contributed by atoms with Gasteiger partial charge in [0, 0.05) is 11.3 Å². The Labute approximate surface area is 198 Å². The summed E-state index contributed by atoms with van der Waals surface area (Å²) < 4.78 is 6.83. The second-order valence-corrected chi connectivity index (χ2v) is 7.72. The van der Waals surface area contributed by atoms with Crippen molar-refractivity contribution in [1.82, 2.24) is 9.78 Å². The highest BCUT2D eigenvalue weighted by atomic mass is 16.5. The first-order chi connectivity index (χ1) is 16.5. The van der Waals surface area contributed by atoms with Gasteiger partial charge in [0.2, 0.25) is 0 Å². The second-order valence-electron chi connectivity index (χ2n) is 7.72. The van der Waals surface area contributed by atoms with Crippen molar-refractivity contribution in [2.75, 3.05) is 17.2 Å². The lowest BCUT2D eigenvalue weighted by molar-refractivity contribution is 0.0524. The van der Waals surface area contributed by atoms with Crippen LogP contribution in [0.15, 0.2) is 78.9 Å². The monoisotopic (exact) mass is 454 g/mol. The average Bonchev–Trinajstić information content (AvgIpc) is 3.15. The molecular weight excluding hydrogens is 428 g/mol. The number of anilines is 3. The summed E-state index contributed by atoms with van der Waals surface area (Å²) >= 11 is 0. The summed E-state index contributed by atoms with van der Waals surface area (Å²) in [7, 11) is 0. The molecule has 4 aromatic rings. The Bertz CT molecular complexity index is 1310. The van der Waals surface area contributed by atoms with Crippen LogP contribution in [0.25, 0.3) is 5.69 Å². The van der Waals surface area contributed by atoms with E-state index >= 15 is 0 Å². The number of aryl methyl sites for hydroxylation is 1. The van der Waals surface area contributed by atoms with E-state index in [1.165, 1.54) is 0 Å². The molecule has 0 atom stereocenters. The van der Waals surface area contributed by atoms with Crippen LogP contribution in [0.1, 0.15) is 39.0 Å². The first-order valence-corrected chi connectivity index (χ1v) is 11.0. The number of carbonyl (C=O) groups excluding carboxylic acids is 2. The highest BCUT2D eigenvalue weighted by molar-refractivity contribution is 6.06. The maximum absolute atomic E-state index is 12.9. The van der Waals surface area contributed by atoms with E-state index in [4.69, 9.17) is 4.74 Å². The van der Waals surface area contributed by atoms with Crippen LogP contribution in [0.5, 0.6) is 0 Å². The van der Waals surface area contributed by atoms with Crippen molar-refractivity contribution in [2.45, 2.75) is 20.8 Å². The number of benzene rings is 3. The highest BCUT2D eigenvalue weighted by Gasteiger charge is 2.20. The number of nitrogens with zero attached hydrogens (tertiary/aromatic N) is 2. The van der Waals surface area contributed by atoms with Gasteiger partial charge < -0.3 is 15.4 Å². The number of hydrogen-bond acceptors (Lipinski definition) is 5. The maximum Gasteiger partial charge on any atom is 0.341 e. The van der Waals surface area contributed by atoms with Crippen LogP contribution >= 0.6 is 0 Å². The molecule has 0 aliphatic heterocycles. The number of para-hydroxylation sites is 3. The van der Waals surface area contributed by atoms with Crippen LogP contribution in [0.2, 0.25) is 0 Å². The number of amides is 1. The highest BCUT2D eigenvalue weighted by Crippen LogP contribution is 2.26. The van der Waals surface area contributed by atoms with E-state index in [9.17, 15) is 9.59 Å². The Morgan fingerprint density at radius 1 is 0.882 bits per heavy atom. The molecule has 0 fully saturated rings. The zero-order valence-electron chi connectivity index (χ0n) is 19.3. The Kier molecular flexibility index (Phi) is 6.73. The van der Waals surface area contributed by atoms with Crippen LogP contribution in [0.3, 0.4) is 0 Å². The predicted octanol–water partition coefficient (Wildman–Crippen LogP) is 5.66. The Hall–Kier alpha value is -4.39. The van der Waals surface area contributed by atoms with Crippen molar-refractivity contribution in [3.8, 4) is 5.69 Å². The van der Waals surface area contributed by atoms with E-state index in [1.807, 2.05) is 61.5 Å². The average molecular weight is 455 g/mol. The SMILES string of the molecule is CCOC(=O)c1c(C)nn(-c2ccc(C(=O)Nc3ccccc3Nc3ccccc3)cc2)c1C. The molecule has 172 valence electrons. The van der Waals surface area contributed by atoms with E-state index in [1.54, 1.807) is 42.8 Å². The molecule has 34 heavy (non-hydrogen) atoms. The number of hydrogen-bond donors (Lipinski definition) is 2. The number of rotatable bonds is 7. The molecule has 0 spiro atoms. The summed E-state index contributed by atoms with van der Waals surface area (Å²) in [5.74, 6) is -0.614. The summed E-state index contributed by atoms with van der Waals surface area (Å²) in [6, 6.07) is 24.4. The van der Waals surface area contributed by atoms with Crippen LogP contribution in [-0.2, 0) is 4.74 Å². The summed E-state index contributed by atoms with van der Waals surface area (Å²) in [4.78, 5) is 25.2. The zero-order chi connectivity index (χ0) is 24.1. The fourth-order valence-corrected chi connectivity index (χ4v) is 3.72. The first-order valence-electron chi connectivity index (χ1n) is 11.0. The van der Waals surface area contributed by atoms with Gasteiger partial charge in [-0.3, -0.25) is 4.79 Å². The van der Waals surface area contributed by atoms with Gasteiger partial charge in [-0.15, -0.1) is 0 Å². The third kappa shape index (κ3) is 4.83. The van der Waals surface area contributed by atoms with Gasteiger partial charge in [-0.05, 0) is 69.3 Å². The second kappa shape index (κ2) is 10.0. The zero-order valence-corrected chi connectivity index (χ0v) is 19.3. The summed E-state index contributed by atoms with van der Waals surface area (Å²) in [6.07, 6.45) is 0. The third-order valence-electron chi connectivity index (χ3n) is 5.37. The fourth-order valence-electron chi connectivity index (χ4n) is 3.72. The molecule has 3 aromatic carbocycles. The smallest absolute Gasteiger partial charge is 0.341 e. The lowest BCUT2D eigenvalue weighted by Gasteiger charge is -2.13. The van der Waals surface area contributed by atoms with Gasteiger partial charge in [-0.25, -0.2) is 9.48 Å². The molecule has 7 heteroatoms. The number of aromatic nitrogens is 2. The molecule has 4 rings (SSSR count). The minimum absolute atomic E-state index is 0.227. The maximum atomic E-state index is 12.9. The predicted molar refractivity (Wildman–Crippen MR) is 133 cm³/mol. The largest absolute Gasteiger partial charge is 0.462 e. The molecule has 0 saturated carbocycles. The van der Waals surface area contributed by atoms with E-state index in [2.05, 4.69) is 15.7 Å². The number of ether oxygens (including phenoxy) is 1. The summed E-state index contributed by atoms with van der Waals surface area (Å²) in [5, 5.41) is 10.8. The van der Waals surface area contributed by atoms with Crippen LogP contribution < -0.4 is 10.6 Å². The van der Waals surface area contributed by atoms with Crippen LogP contribution in [0, 0.1) is 13.8 Å². The van der Waals surface area contributed by atoms with Crippen molar-refractivity contribution >= 4 is 28.9 Å². The molecule has 0 bridgehead atoms. The summed E-state index contributed by atoms with van der Waals surface area (Å²) in [6.45, 7) is 5.67. The van der Waals surface area contributed by atoms with Gasteiger partial charge in [-0.2, -0.15) is 5.10 Å². The van der Waals surface area contributed by atoms with Gasteiger partial charge in [-0.1, -0.05) is 30.3 Å². The quantitative estimate of drug-likeness (QED) is 0.352. The van der Waals surface area contributed by atoms with Crippen molar-refractivity contribution in [3.05, 3.63) is 101 Å². The van der Waals surface area contributed by atoms with Gasteiger partial charge >= 0.3 is 5.97 Å². The molecule has 1 aromatic heterocycles. The molecule has 0 radical (unpaired) electrons. The Balaban J connectivity index is 1.52. The van der Waals surface area contributed by atoms with Gasteiger partial charge in [0.15, 0.2) is 0 Å². The van der Waals surface area contributed by atoms with Gasteiger partial charge in [0.25, 0.3) is 5.91 Å². The van der Waals surface area contributed by atoms with E-state index in [0.29, 0.717) is 34.8 Å². The van der Waals surface area contributed by atoms with E-state index < -0.39 is 0 Å². The van der Waals surface area contributed by atoms with Crippen molar-refractivity contribution < 1.29 is 14.3 Å². The lowest BCUT2D eigenvalue weighted by atomic mass is 10.1. The molecule has 1 heterocycles. The molecular formula is C27H26N4O3. The Morgan fingerprint density at radius 3 is 2.21 bits per heavy atom. The van der Waals surface area contributed by atoms with Gasteiger partial charge in [0.1, 0.15) is 5.56 Å². The number of carbonyl (C=O) groups is 2. The molecule has 0 aliphatic carbocycles. The van der Waals surface area contributed by atoms with Crippen LogP contribution in [0.4, 0.5) is 17.1 Å². The van der Waals surface area contributed by atoms with Crippen molar-refractivity contribution in [2.24, 2.45) is 0 Å². The number of esters is 1. The van der Waals surface area contributed by atoms with E-state index in [-0.39, 0.29) is 11.9 Å². The standard InChI is InChI=1S/C27H26N4O3/c1-4-34-27(33)25-18(2)30-31(19(25)3)22-16-14-20(15-17-22)26(32)29-24-13-9-8-12-23(24)28-21-10-6-5-7-11-21/h5-17,28H,4H2,1-3H3,(H,29,32). The molecule has 0 unspecified atom stereocenters. The normalized spacial score (nSPS) is 10.6. The van der Waals surface area contributed by atoms with Crippen LogP contribution in [-0.4, -0.2) is 28.3 Å². The number of nitrogens with one attached hydrogen (secondary N) is 2. The molecule has 2 N–H and O–H groups in total. The van der Waals surface area contributed by atoms with E-state index in [0.717, 1.165) is 17.1 Å². The molecule has 1 amide bonds. The molecule has 7 nitrogen and oxygen atoms in total. The third-order valence-corrected chi connectivity index (χ3v) is 5.37. The lowest BCUT2D eigenvalue weighted by Crippen LogP contribution is -2.13. The topological polar surface area (TPSA) is 85.2 Å². The van der Waals surface area contributed by atoms with Gasteiger partial charge in [0.05, 0.1) is 35.1 Å². The minimum atomic E-state index is -0.387. The molecule has 0 aliphatic rings. The van der Waals surface area contributed by atoms with Crippen molar-refractivity contribution in [3.63, 3.8) is 0 Å². The first kappa shape index (κ1) is 22.8.